The van der Waals surface area contributed by atoms with Gasteiger partial charge in [0.05, 0.1) is 11.6 Å². The summed E-state index contributed by atoms with van der Waals surface area (Å²) in [5, 5.41) is 0.552. The molecule has 1 heterocycles. The molecule has 1 aromatic carbocycles. The van der Waals surface area contributed by atoms with E-state index < -0.39 is 0 Å². The fourth-order valence-corrected chi connectivity index (χ4v) is 5.10. The quantitative estimate of drug-likeness (QED) is 0.355. The van der Waals surface area contributed by atoms with Crippen LogP contribution in [0.25, 0.3) is 5.57 Å². The van der Waals surface area contributed by atoms with Crippen LogP contribution in [0.1, 0.15) is 81.5 Å². The third-order valence-corrected chi connectivity index (χ3v) is 7.49. The van der Waals surface area contributed by atoms with Gasteiger partial charge in [0.1, 0.15) is 11.5 Å². The highest BCUT2D eigenvalue weighted by Gasteiger charge is 2.27. The number of aromatic amines is 1. The Balaban J connectivity index is 1.50. The molecule has 0 radical (unpaired) electrons. The number of nitrogens with zero attached hydrogens (tertiary/aromatic N) is 1. The Morgan fingerprint density at radius 2 is 1.91 bits per heavy atom. The van der Waals surface area contributed by atoms with Gasteiger partial charge in [0.15, 0.2) is 0 Å². The first-order valence-corrected chi connectivity index (χ1v) is 13.5. The van der Waals surface area contributed by atoms with Gasteiger partial charge in [-0.05, 0) is 87.3 Å². The Labute approximate surface area is 213 Å². The van der Waals surface area contributed by atoms with Crippen LogP contribution in [0.5, 0.6) is 5.75 Å². The summed E-state index contributed by atoms with van der Waals surface area (Å²) in [6, 6.07) is 9.75. The highest BCUT2D eigenvalue weighted by molar-refractivity contribution is 6.32. The van der Waals surface area contributed by atoms with E-state index in [-0.39, 0.29) is 11.5 Å². The van der Waals surface area contributed by atoms with Crippen molar-refractivity contribution in [3.63, 3.8) is 0 Å². The number of nitrogens with one attached hydrogen (secondary N) is 1. The molecule has 0 spiro atoms. The predicted molar refractivity (Wildman–Crippen MR) is 142 cm³/mol. The second-order valence-corrected chi connectivity index (χ2v) is 10.2. The lowest BCUT2D eigenvalue weighted by molar-refractivity contribution is -0.117. The molecule has 0 bridgehead atoms. The van der Waals surface area contributed by atoms with Gasteiger partial charge in [0.25, 0.3) is 5.56 Å². The molecular formula is C29H37ClN2O3. The number of H-pyrrole nitrogens is 1. The Morgan fingerprint density at radius 3 is 2.54 bits per heavy atom. The van der Waals surface area contributed by atoms with Gasteiger partial charge < -0.3 is 14.6 Å². The maximum atomic E-state index is 12.7. The number of halogens is 1. The summed E-state index contributed by atoms with van der Waals surface area (Å²) in [6.07, 6.45) is 8.38. The molecule has 0 saturated heterocycles. The average molecular weight is 497 g/mol. The molecule has 2 fully saturated rings. The summed E-state index contributed by atoms with van der Waals surface area (Å²) in [5.74, 6) is 1.53. The Kier molecular flexibility index (Phi) is 8.85. The van der Waals surface area contributed by atoms with Gasteiger partial charge in [-0.2, -0.15) is 0 Å². The van der Waals surface area contributed by atoms with Crippen molar-refractivity contribution in [1.29, 1.82) is 0 Å². The minimum Gasteiger partial charge on any atom is -0.492 e. The second kappa shape index (κ2) is 12.0. The second-order valence-electron chi connectivity index (χ2n) is 9.78. The lowest BCUT2D eigenvalue weighted by atomic mass is 9.95. The fraction of sp³-hybridized carbons (Fsp3) is 0.517. The summed E-state index contributed by atoms with van der Waals surface area (Å²) < 4.78 is 5.97. The molecule has 0 amide bonds. The van der Waals surface area contributed by atoms with Gasteiger partial charge in [-0.15, -0.1) is 0 Å². The molecule has 1 N–H and O–H groups in total. The van der Waals surface area contributed by atoms with E-state index in [1.807, 2.05) is 30.3 Å². The number of hydrogen-bond acceptors (Lipinski definition) is 4. The van der Waals surface area contributed by atoms with Crippen molar-refractivity contribution in [3.8, 4) is 5.75 Å². The van der Waals surface area contributed by atoms with Gasteiger partial charge in [-0.25, -0.2) is 0 Å². The number of Topliss-reactive ketones (excluding diaryl/α,β-unsaturated/α-hetero) is 1. The lowest BCUT2D eigenvalue weighted by Crippen LogP contribution is -2.24. The number of carbonyl (C=O) groups is 1. The molecule has 0 aliphatic heterocycles. The molecule has 188 valence electrons. The van der Waals surface area contributed by atoms with Crippen molar-refractivity contribution in [2.75, 3.05) is 26.2 Å². The standard InChI is InChI=1S/C29H37ClN2O3/c1-3-32(4-2)15-5-6-16-35-28-14-10-22(19-26(28)30)25(18-20-7-11-23(33)17-20)27-13-12-24(21-8-9-21)29(34)31-27/h10,12-14,18-21H,3-9,11,15-17H2,1-2H3,(H,31,34)/t20-/m0/s1. The first-order chi connectivity index (χ1) is 17.0. The number of carbonyl (C=O) groups excluding carboxylic acids is 1. The van der Waals surface area contributed by atoms with Crippen molar-refractivity contribution in [2.24, 2.45) is 5.92 Å². The van der Waals surface area contributed by atoms with Crippen LogP contribution in [0.4, 0.5) is 0 Å². The van der Waals surface area contributed by atoms with E-state index in [2.05, 4.69) is 29.8 Å². The molecule has 1 atom stereocenters. The van der Waals surface area contributed by atoms with Gasteiger partial charge in [0.2, 0.25) is 0 Å². The Hall–Kier alpha value is -2.37. The molecule has 2 aliphatic carbocycles. The minimum absolute atomic E-state index is 0.0193. The summed E-state index contributed by atoms with van der Waals surface area (Å²) in [5.41, 5.74) is 3.44. The highest BCUT2D eigenvalue weighted by Crippen LogP contribution is 2.39. The number of rotatable bonds is 12. The first kappa shape index (κ1) is 25.7. The van der Waals surface area contributed by atoms with Crippen LogP contribution in [0.15, 0.2) is 41.2 Å². The smallest absolute Gasteiger partial charge is 0.251 e. The van der Waals surface area contributed by atoms with Crippen molar-refractivity contribution >= 4 is 23.0 Å². The summed E-state index contributed by atoms with van der Waals surface area (Å²) in [4.78, 5) is 30.1. The highest BCUT2D eigenvalue weighted by atomic mass is 35.5. The average Bonchev–Trinajstić information content (AvgIpc) is 3.61. The zero-order valence-corrected chi connectivity index (χ0v) is 21.7. The van der Waals surface area contributed by atoms with Crippen LogP contribution in [-0.4, -0.2) is 41.9 Å². The Morgan fingerprint density at radius 1 is 1.11 bits per heavy atom. The maximum Gasteiger partial charge on any atom is 0.251 e. The third kappa shape index (κ3) is 6.86. The molecule has 2 aliphatic rings. The number of aromatic nitrogens is 1. The topological polar surface area (TPSA) is 62.4 Å². The molecule has 2 saturated carbocycles. The largest absolute Gasteiger partial charge is 0.492 e. The van der Waals surface area contributed by atoms with Gasteiger partial charge in [-0.1, -0.05) is 43.7 Å². The van der Waals surface area contributed by atoms with Crippen LogP contribution in [0.3, 0.4) is 0 Å². The van der Waals surface area contributed by atoms with E-state index in [1.54, 1.807) is 0 Å². The van der Waals surface area contributed by atoms with Crippen LogP contribution >= 0.6 is 11.6 Å². The van der Waals surface area contributed by atoms with E-state index in [0.29, 0.717) is 41.9 Å². The SMILES string of the molecule is CCN(CC)CCCCOc1ccc(C(=C[C@H]2CCC(=O)C2)c2ccc(C3CC3)c(=O)[nH]2)cc1Cl. The zero-order valence-electron chi connectivity index (χ0n) is 20.9. The Bertz CT molecular complexity index is 1120. The van der Waals surface area contributed by atoms with Crippen LogP contribution in [0.2, 0.25) is 5.02 Å². The molecule has 6 heteroatoms. The van der Waals surface area contributed by atoms with Crippen LogP contribution < -0.4 is 10.3 Å². The van der Waals surface area contributed by atoms with E-state index in [1.165, 1.54) is 0 Å². The van der Waals surface area contributed by atoms with E-state index in [9.17, 15) is 9.59 Å². The summed E-state index contributed by atoms with van der Waals surface area (Å²) in [7, 11) is 0. The van der Waals surface area contributed by atoms with Crippen molar-refractivity contribution in [1.82, 2.24) is 9.88 Å². The van der Waals surface area contributed by atoms with Crippen molar-refractivity contribution in [3.05, 3.63) is 68.6 Å². The molecule has 0 unspecified atom stereocenters. The van der Waals surface area contributed by atoms with Crippen LogP contribution in [-0.2, 0) is 4.79 Å². The number of pyridine rings is 1. The van der Waals surface area contributed by atoms with Gasteiger partial charge >= 0.3 is 0 Å². The number of unbranched alkanes of at least 4 members (excludes halogenated alkanes) is 1. The molecule has 1 aromatic heterocycles. The third-order valence-electron chi connectivity index (χ3n) is 7.20. The van der Waals surface area contributed by atoms with E-state index >= 15 is 0 Å². The normalized spacial score (nSPS) is 18.5. The molecular weight excluding hydrogens is 460 g/mol. The monoisotopic (exact) mass is 496 g/mol. The lowest BCUT2D eigenvalue weighted by Gasteiger charge is -2.17. The molecule has 4 rings (SSSR count). The number of hydrogen-bond donors (Lipinski definition) is 1. The number of benzene rings is 1. The predicted octanol–water partition coefficient (Wildman–Crippen LogP) is 6.21. The maximum absolute atomic E-state index is 12.7. The van der Waals surface area contributed by atoms with Gasteiger partial charge in [-0.3, -0.25) is 9.59 Å². The molecule has 35 heavy (non-hydrogen) atoms. The van der Waals surface area contributed by atoms with Crippen molar-refractivity contribution in [2.45, 2.75) is 64.7 Å². The molecule has 2 aromatic rings. The van der Waals surface area contributed by atoms with E-state index in [0.717, 1.165) is 74.1 Å². The first-order valence-electron chi connectivity index (χ1n) is 13.1. The van der Waals surface area contributed by atoms with Crippen molar-refractivity contribution < 1.29 is 9.53 Å². The fourth-order valence-electron chi connectivity index (χ4n) is 4.87. The zero-order chi connectivity index (χ0) is 24.8. The number of ether oxygens (including phenoxy) is 1. The summed E-state index contributed by atoms with van der Waals surface area (Å²) in [6.45, 7) is 8.23. The minimum atomic E-state index is -0.0193. The van der Waals surface area contributed by atoms with E-state index in [4.69, 9.17) is 16.3 Å². The van der Waals surface area contributed by atoms with Crippen LogP contribution in [0, 0.1) is 5.92 Å². The summed E-state index contributed by atoms with van der Waals surface area (Å²) >= 11 is 6.63. The number of ketones is 1. The molecule has 5 nitrogen and oxygen atoms in total. The van der Waals surface area contributed by atoms with Gasteiger partial charge in [0, 0.05) is 29.7 Å². The number of allylic oxidation sites excluding steroid dienone is 1.